The Hall–Kier alpha value is -5.82. The van der Waals surface area contributed by atoms with Gasteiger partial charge in [0.15, 0.2) is 0 Å². The summed E-state index contributed by atoms with van der Waals surface area (Å²) in [4.78, 5) is 57.5. The van der Waals surface area contributed by atoms with Crippen LogP contribution in [-0.2, 0) is 0 Å². The smallest absolute Gasteiger partial charge is 0.266 e. The van der Waals surface area contributed by atoms with Crippen molar-refractivity contribution >= 4 is 67.3 Å². The van der Waals surface area contributed by atoms with Gasteiger partial charge in [0.05, 0.1) is 11.4 Å². The highest BCUT2D eigenvalue weighted by molar-refractivity contribution is 6.42. The van der Waals surface area contributed by atoms with E-state index in [0.29, 0.717) is 22.1 Å². The van der Waals surface area contributed by atoms with Crippen molar-refractivity contribution in [3.8, 4) is 5.75 Å². The van der Waals surface area contributed by atoms with Gasteiger partial charge in [-0.3, -0.25) is 19.2 Å². The first kappa shape index (κ1) is 23.1. The molecule has 8 rings (SSSR count). The Morgan fingerprint density at radius 1 is 0.463 bits per heavy atom. The van der Waals surface area contributed by atoms with Crippen molar-refractivity contribution < 1.29 is 24.3 Å². The average Bonchev–Trinajstić information content (AvgIpc) is 2.99. The molecule has 0 fully saturated rings. The molecule has 7 heteroatoms. The van der Waals surface area contributed by atoms with E-state index in [-0.39, 0.29) is 28.0 Å². The maximum absolute atomic E-state index is 14.0. The summed E-state index contributed by atoms with van der Waals surface area (Å²) in [5, 5.41) is 14.0. The number of carbonyl (C=O) groups is 4. The number of imide groups is 2. The predicted octanol–water partition coefficient (Wildman–Crippen LogP) is 6.45. The largest absolute Gasteiger partial charge is 0.508 e. The molecule has 4 amide bonds. The number of rotatable bonds is 2. The second-order valence-electron chi connectivity index (χ2n) is 10.2. The van der Waals surface area contributed by atoms with Gasteiger partial charge in [-0.05, 0) is 82.9 Å². The summed E-state index contributed by atoms with van der Waals surface area (Å²) in [6, 6.07) is 29.4. The summed E-state index contributed by atoms with van der Waals surface area (Å²) in [6.45, 7) is 0. The molecule has 0 unspecified atom stereocenters. The minimum atomic E-state index is -0.569. The molecule has 0 aromatic heterocycles. The minimum absolute atomic E-state index is 0.00513. The van der Waals surface area contributed by atoms with E-state index in [1.165, 1.54) is 41.3 Å². The van der Waals surface area contributed by atoms with Crippen LogP contribution in [0, 0.1) is 0 Å². The van der Waals surface area contributed by atoms with E-state index >= 15 is 0 Å². The van der Waals surface area contributed by atoms with Crippen molar-refractivity contribution in [1.29, 1.82) is 0 Å². The van der Waals surface area contributed by atoms with Gasteiger partial charge in [0.1, 0.15) is 5.75 Å². The molecule has 0 spiro atoms. The fourth-order valence-corrected chi connectivity index (χ4v) is 6.07. The number of phenolic OH excluding ortho intramolecular Hbond substituents is 1. The van der Waals surface area contributed by atoms with E-state index in [4.69, 9.17) is 0 Å². The number of benzene rings is 6. The lowest BCUT2D eigenvalue weighted by Crippen LogP contribution is -2.43. The Bertz CT molecular complexity index is 2130. The molecule has 6 aromatic rings. The van der Waals surface area contributed by atoms with Gasteiger partial charge in [-0.2, -0.15) is 0 Å². The highest BCUT2D eigenvalue weighted by Gasteiger charge is 2.41. The second-order valence-corrected chi connectivity index (χ2v) is 10.2. The van der Waals surface area contributed by atoms with Crippen LogP contribution in [0.25, 0.3) is 32.3 Å². The summed E-state index contributed by atoms with van der Waals surface area (Å²) in [6.07, 6.45) is 0. The molecule has 2 aliphatic rings. The lowest BCUT2D eigenvalue weighted by Gasteiger charge is -2.32. The lowest BCUT2D eigenvalue weighted by molar-refractivity contribution is 0.0873. The third kappa shape index (κ3) is 3.08. The summed E-state index contributed by atoms with van der Waals surface area (Å²) < 4.78 is 0. The molecular weight excluding hydrogens is 516 g/mol. The molecule has 0 saturated carbocycles. The highest BCUT2D eigenvalue weighted by atomic mass is 16.3. The molecule has 41 heavy (non-hydrogen) atoms. The topological polar surface area (TPSA) is 95.0 Å². The third-order valence-corrected chi connectivity index (χ3v) is 7.97. The highest BCUT2D eigenvalue weighted by Crippen LogP contribution is 2.41. The molecule has 0 atom stereocenters. The number of phenols is 1. The molecule has 194 valence electrons. The number of anilines is 2. The predicted molar refractivity (Wildman–Crippen MR) is 156 cm³/mol. The number of carbonyl (C=O) groups excluding carboxylic acids is 4. The Morgan fingerprint density at radius 2 is 0.951 bits per heavy atom. The fraction of sp³-hybridized carbons (Fsp3) is 0. The van der Waals surface area contributed by atoms with E-state index in [1.54, 1.807) is 18.2 Å². The van der Waals surface area contributed by atoms with Gasteiger partial charge in [0, 0.05) is 38.4 Å². The van der Waals surface area contributed by atoms with Gasteiger partial charge < -0.3 is 5.11 Å². The van der Waals surface area contributed by atoms with Crippen LogP contribution in [0.2, 0.25) is 0 Å². The average molecular weight is 535 g/mol. The molecule has 0 saturated heterocycles. The number of amides is 4. The molecule has 7 nitrogen and oxygen atoms in total. The Kier molecular flexibility index (Phi) is 4.56. The normalized spacial score (nSPS) is 14.5. The number of fused-ring (bicyclic) bond motifs is 2. The van der Waals surface area contributed by atoms with Crippen molar-refractivity contribution in [1.82, 2.24) is 0 Å². The molecule has 2 aliphatic heterocycles. The van der Waals surface area contributed by atoms with Crippen LogP contribution in [0.4, 0.5) is 11.4 Å². The van der Waals surface area contributed by atoms with Crippen LogP contribution in [0.5, 0.6) is 5.75 Å². The minimum Gasteiger partial charge on any atom is -0.508 e. The molecule has 6 aromatic carbocycles. The number of hydrogen-bond acceptors (Lipinski definition) is 5. The van der Waals surface area contributed by atoms with Crippen LogP contribution < -0.4 is 9.80 Å². The molecule has 0 aliphatic carbocycles. The quantitative estimate of drug-likeness (QED) is 0.203. The van der Waals surface area contributed by atoms with Crippen molar-refractivity contribution in [2.45, 2.75) is 0 Å². The number of hydrogen-bond donors (Lipinski definition) is 1. The summed E-state index contributed by atoms with van der Waals surface area (Å²) in [7, 11) is 0. The first-order chi connectivity index (χ1) is 19.9. The van der Waals surface area contributed by atoms with Gasteiger partial charge in [-0.25, -0.2) is 9.80 Å². The Morgan fingerprint density at radius 3 is 1.51 bits per heavy atom. The van der Waals surface area contributed by atoms with Gasteiger partial charge in [-0.1, -0.05) is 36.4 Å². The van der Waals surface area contributed by atoms with E-state index in [1.807, 2.05) is 48.5 Å². The number of nitrogens with zero attached hydrogens (tertiary/aromatic N) is 2. The molecular formula is C34H18N2O5. The zero-order valence-electron chi connectivity index (χ0n) is 21.3. The van der Waals surface area contributed by atoms with Crippen LogP contribution in [0.15, 0.2) is 103 Å². The zero-order chi connectivity index (χ0) is 28.0. The first-order valence-electron chi connectivity index (χ1n) is 13.0. The van der Waals surface area contributed by atoms with Crippen LogP contribution in [0.1, 0.15) is 41.4 Å². The molecule has 0 bridgehead atoms. The SMILES string of the molecule is O=C1c2ccc3c4c(ccc(c24)C(=O)N1c1ccc(O)cc1)C(=O)N(c1cccc2cc4ccccc4cc12)C3=O. The Balaban J connectivity index is 1.31. The van der Waals surface area contributed by atoms with E-state index in [0.717, 1.165) is 26.4 Å². The van der Waals surface area contributed by atoms with Crippen molar-refractivity contribution in [3.63, 3.8) is 0 Å². The first-order valence-corrected chi connectivity index (χ1v) is 13.0. The maximum Gasteiger partial charge on any atom is 0.266 e. The van der Waals surface area contributed by atoms with Gasteiger partial charge >= 0.3 is 0 Å². The maximum atomic E-state index is 14.0. The second kappa shape index (κ2) is 8.09. The van der Waals surface area contributed by atoms with Crippen molar-refractivity contribution in [2.24, 2.45) is 0 Å². The van der Waals surface area contributed by atoms with E-state index in [2.05, 4.69) is 0 Å². The molecule has 0 radical (unpaired) electrons. The lowest BCUT2D eigenvalue weighted by atomic mass is 9.85. The Labute approximate surface area is 232 Å². The summed E-state index contributed by atoms with van der Waals surface area (Å²) in [5.74, 6) is -2.17. The third-order valence-electron chi connectivity index (χ3n) is 7.97. The van der Waals surface area contributed by atoms with E-state index in [9.17, 15) is 24.3 Å². The molecule has 2 heterocycles. The standard InChI is InChI=1S/C34H18N2O5/c37-22-10-8-21(9-11-22)35-31(38)23-12-14-25-30-26(15-13-24(29(23)30)32(35)39)34(41)36(33(25)40)28-7-3-6-20-16-18-4-1-2-5-19(18)17-27(20)28/h1-17,37H. The van der Waals surface area contributed by atoms with E-state index < -0.39 is 23.6 Å². The van der Waals surface area contributed by atoms with Crippen LogP contribution in [0.3, 0.4) is 0 Å². The summed E-state index contributed by atoms with van der Waals surface area (Å²) >= 11 is 0. The van der Waals surface area contributed by atoms with Crippen molar-refractivity contribution in [2.75, 3.05) is 9.80 Å². The van der Waals surface area contributed by atoms with Gasteiger partial charge in [0.2, 0.25) is 0 Å². The fourth-order valence-electron chi connectivity index (χ4n) is 6.07. The monoisotopic (exact) mass is 534 g/mol. The van der Waals surface area contributed by atoms with Gasteiger partial charge in [0.25, 0.3) is 23.6 Å². The van der Waals surface area contributed by atoms with Crippen molar-refractivity contribution in [3.05, 3.63) is 125 Å². The zero-order valence-corrected chi connectivity index (χ0v) is 21.3. The van der Waals surface area contributed by atoms with Gasteiger partial charge in [-0.15, -0.1) is 0 Å². The van der Waals surface area contributed by atoms with Crippen LogP contribution >= 0.6 is 0 Å². The molecule has 1 N–H and O–H groups in total. The number of aromatic hydroxyl groups is 1. The van der Waals surface area contributed by atoms with Crippen LogP contribution in [-0.4, -0.2) is 28.7 Å². The summed E-state index contributed by atoms with van der Waals surface area (Å²) in [5.41, 5.74) is 1.71.